The van der Waals surface area contributed by atoms with Crippen molar-refractivity contribution in [3.05, 3.63) is 24.4 Å². The Balaban J connectivity index is 2.64. The number of rotatable bonds is 4. The highest BCUT2D eigenvalue weighted by molar-refractivity contribution is 5.84. The molecule has 15 heavy (non-hydrogen) atoms. The number of amidine groups is 1. The zero-order valence-corrected chi connectivity index (χ0v) is 9.74. The van der Waals surface area contributed by atoms with E-state index in [9.17, 15) is 0 Å². The largest absolute Gasteiger partial charge is 0.357 e. The fourth-order valence-electron chi connectivity index (χ4n) is 1.64. The summed E-state index contributed by atoms with van der Waals surface area (Å²) in [5.41, 5.74) is 6.77. The van der Waals surface area contributed by atoms with Gasteiger partial charge >= 0.3 is 0 Å². The van der Waals surface area contributed by atoms with Crippen molar-refractivity contribution in [2.45, 2.75) is 32.7 Å². The quantitative estimate of drug-likeness (QED) is 0.435. The molecule has 0 amide bonds. The maximum Gasteiger partial charge on any atom is 0.104 e. The van der Waals surface area contributed by atoms with Crippen LogP contribution < -0.4 is 5.73 Å². The fourth-order valence-corrected chi connectivity index (χ4v) is 1.64. The molecule has 0 saturated carbocycles. The summed E-state index contributed by atoms with van der Waals surface area (Å²) in [5, 5.41) is 0. The Labute approximate surface area is 92.4 Å². The summed E-state index contributed by atoms with van der Waals surface area (Å²) in [5.74, 6) is 1.16. The van der Waals surface area contributed by atoms with E-state index in [1.54, 1.807) is 6.08 Å². The Morgan fingerprint density at radius 3 is 2.73 bits per heavy atom. The zero-order chi connectivity index (χ0) is 11.3. The number of hydrogen-bond acceptors (Lipinski definition) is 2. The van der Waals surface area contributed by atoms with Gasteiger partial charge in [-0.2, -0.15) is 0 Å². The Bertz CT molecular complexity index is 273. The van der Waals surface area contributed by atoms with E-state index in [2.05, 4.69) is 23.4 Å². The summed E-state index contributed by atoms with van der Waals surface area (Å²) < 4.78 is 0. The van der Waals surface area contributed by atoms with Gasteiger partial charge in [0.2, 0.25) is 0 Å². The SMILES string of the molecule is C=C/C=C(/C)N=C(CCC)N1CC(N)C1. The third-order valence-electron chi connectivity index (χ3n) is 2.41. The second-order valence-corrected chi connectivity index (χ2v) is 3.99. The monoisotopic (exact) mass is 207 g/mol. The molecule has 1 aliphatic heterocycles. The molecule has 0 aliphatic carbocycles. The first-order valence-electron chi connectivity index (χ1n) is 5.54. The van der Waals surface area contributed by atoms with Gasteiger partial charge in [0.05, 0.1) is 0 Å². The van der Waals surface area contributed by atoms with Crippen molar-refractivity contribution in [1.82, 2.24) is 4.90 Å². The molecule has 0 atom stereocenters. The Morgan fingerprint density at radius 2 is 2.27 bits per heavy atom. The Morgan fingerprint density at radius 1 is 1.60 bits per heavy atom. The van der Waals surface area contributed by atoms with Gasteiger partial charge in [-0.25, -0.2) is 4.99 Å². The Hall–Kier alpha value is -1.09. The molecular formula is C12H21N3. The van der Waals surface area contributed by atoms with Gasteiger partial charge in [0, 0.05) is 31.2 Å². The molecule has 0 aromatic rings. The second-order valence-electron chi connectivity index (χ2n) is 3.99. The van der Waals surface area contributed by atoms with Crippen LogP contribution in [0.1, 0.15) is 26.7 Å². The number of allylic oxidation sites excluding steroid dienone is 3. The second kappa shape index (κ2) is 5.71. The highest BCUT2D eigenvalue weighted by Crippen LogP contribution is 2.12. The number of aliphatic imine (C=N–C) groups is 1. The molecule has 3 heteroatoms. The van der Waals surface area contributed by atoms with Gasteiger partial charge in [0.25, 0.3) is 0 Å². The molecule has 0 radical (unpaired) electrons. The van der Waals surface area contributed by atoms with Gasteiger partial charge in [-0.15, -0.1) is 0 Å². The highest BCUT2D eigenvalue weighted by atomic mass is 15.3. The summed E-state index contributed by atoms with van der Waals surface area (Å²) in [6.45, 7) is 9.72. The molecule has 3 nitrogen and oxygen atoms in total. The van der Waals surface area contributed by atoms with Crippen LogP contribution in [0.25, 0.3) is 0 Å². The molecular weight excluding hydrogens is 186 g/mol. The van der Waals surface area contributed by atoms with E-state index in [1.807, 2.05) is 13.0 Å². The number of nitrogens with two attached hydrogens (primary N) is 1. The minimum Gasteiger partial charge on any atom is -0.357 e. The van der Waals surface area contributed by atoms with E-state index in [0.717, 1.165) is 37.5 Å². The van der Waals surface area contributed by atoms with Crippen molar-refractivity contribution in [3.63, 3.8) is 0 Å². The van der Waals surface area contributed by atoms with Gasteiger partial charge in [0.1, 0.15) is 5.84 Å². The Kier molecular flexibility index (Phi) is 4.56. The average molecular weight is 207 g/mol. The molecule has 1 aliphatic rings. The first kappa shape index (κ1) is 12.0. The predicted octanol–water partition coefficient (Wildman–Crippen LogP) is 1.92. The summed E-state index contributed by atoms with van der Waals surface area (Å²) in [4.78, 5) is 6.85. The van der Waals surface area contributed by atoms with Crippen molar-refractivity contribution in [3.8, 4) is 0 Å². The topological polar surface area (TPSA) is 41.6 Å². The van der Waals surface area contributed by atoms with Crippen molar-refractivity contribution in [2.75, 3.05) is 13.1 Å². The van der Waals surface area contributed by atoms with Crippen LogP contribution in [0, 0.1) is 0 Å². The van der Waals surface area contributed by atoms with Crippen LogP contribution in [0.5, 0.6) is 0 Å². The molecule has 0 unspecified atom stereocenters. The molecule has 0 spiro atoms. The predicted molar refractivity (Wildman–Crippen MR) is 65.8 cm³/mol. The molecule has 84 valence electrons. The summed E-state index contributed by atoms with van der Waals surface area (Å²) >= 11 is 0. The lowest BCUT2D eigenvalue weighted by Gasteiger charge is -2.39. The van der Waals surface area contributed by atoms with E-state index >= 15 is 0 Å². The van der Waals surface area contributed by atoms with Crippen LogP contribution in [0.15, 0.2) is 29.4 Å². The third kappa shape index (κ3) is 3.51. The van der Waals surface area contributed by atoms with E-state index < -0.39 is 0 Å². The van der Waals surface area contributed by atoms with Gasteiger partial charge in [0.15, 0.2) is 0 Å². The lowest BCUT2D eigenvalue weighted by molar-refractivity contribution is 0.249. The fraction of sp³-hybridized carbons (Fsp3) is 0.583. The van der Waals surface area contributed by atoms with Crippen LogP contribution in [0.2, 0.25) is 0 Å². The van der Waals surface area contributed by atoms with Gasteiger partial charge < -0.3 is 10.6 Å². The molecule has 1 heterocycles. The van der Waals surface area contributed by atoms with Crippen LogP contribution in [0.3, 0.4) is 0 Å². The van der Waals surface area contributed by atoms with E-state index in [4.69, 9.17) is 5.73 Å². The zero-order valence-electron chi connectivity index (χ0n) is 9.74. The van der Waals surface area contributed by atoms with E-state index in [1.165, 1.54) is 0 Å². The summed E-state index contributed by atoms with van der Waals surface area (Å²) in [7, 11) is 0. The van der Waals surface area contributed by atoms with Gasteiger partial charge in [-0.1, -0.05) is 19.6 Å². The lowest BCUT2D eigenvalue weighted by atomic mass is 10.1. The smallest absolute Gasteiger partial charge is 0.104 e. The molecule has 0 bridgehead atoms. The van der Waals surface area contributed by atoms with Crippen LogP contribution in [0.4, 0.5) is 0 Å². The molecule has 0 aromatic carbocycles. The number of nitrogens with zero attached hydrogens (tertiary/aromatic N) is 2. The third-order valence-corrected chi connectivity index (χ3v) is 2.41. The minimum atomic E-state index is 0.329. The van der Waals surface area contributed by atoms with Crippen LogP contribution in [-0.2, 0) is 0 Å². The van der Waals surface area contributed by atoms with Crippen LogP contribution in [-0.4, -0.2) is 29.9 Å². The van der Waals surface area contributed by atoms with E-state index in [0.29, 0.717) is 6.04 Å². The summed E-state index contributed by atoms with van der Waals surface area (Å²) in [6, 6.07) is 0.329. The molecule has 0 aromatic heterocycles. The van der Waals surface area contributed by atoms with Crippen LogP contribution >= 0.6 is 0 Å². The average Bonchev–Trinajstić information content (AvgIpc) is 2.13. The number of hydrogen-bond donors (Lipinski definition) is 1. The minimum absolute atomic E-state index is 0.329. The molecule has 1 saturated heterocycles. The molecule has 2 N–H and O–H groups in total. The summed E-state index contributed by atoms with van der Waals surface area (Å²) in [6.07, 6.45) is 5.83. The number of likely N-dealkylation sites (tertiary alicyclic amines) is 1. The first-order valence-corrected chi connectivity index (χ1v) is 5.54. The van der Waals surface area contributed by atoms with Crippen molar-refractivity contribution in [1.29, 1.82) is 0 Å². The van der Waals surface area contributed by atoms with Crippen molar-refractivity contribution in [2.24, 2.45) is 10.7 Å². The van der Waals surface area contributed by atoms with Gasteiger partial charge in [-0.3, -0.25) is 0 Å². The standard InChI is InChI=1S/C12H21N3/c1-4-6-10(3)14-12(7-5-2)15-8-11(13)9-15/h4,6,11H,1,5,7-9,13H2,2-3H3/b10-6-,14-12?. The lowest BCUT2D eigenvalue weighted by Crippen LogP contribution is -2.57. The van der Waals surface area contributed by atoms with Crippen molar-refractivity contribution >= 4 is 5.84 Å². The maximum atomic E-state index is 5.76. The first-order chi connectivity index (χ1) is 7.17. The molecule has 1 fully saturated rings. The van der Waals surface area contributed by atoms with Crippen molar-refractivity contribution < 1.29 is 0 Å². The van der Waals surface area contributed by atoms with E-state index in [-0.39, 0.29) is 0 Å². The van der Waals surface area contributed by atoms with Gasteiger partial charge in [-0.05, 0) is 19.4 Å². The normalized spacial score (nSPS) is 19.0. The molecule has 1 rings (SSSR count). The highest BCUT2D eigenvalue weighted by Gasteiger charge is 2.25. The maximum absolute atomic E-state index is 5.76.